The fourth-order valence-electron chi connectivity index (χ4n) is 4.62. The molecule has 3 aromatic carbocycles. The lowest BCUT2D eigenvalue weighted by Gasteiger charge is -2.29. The minimum atomic E-state index is -0.0515. The van der Waals surface area contributed by atoms with Crippen LogP contribution in [0, 0.1) is 0 Å². The van der Waals surface area contributed by atoms with Gasteiger partial charge in [0.05, 0.1) is 18.5 Å². The Labute approximate surface area is 203 Å². The van der Waals surface area contributed by atoms with Crippen LogP contribution in [0.15, 0.2) is 91.0 Å². The number of carbonyl (C=O) groups excluding carboxylic acids is 1. The van der Waals surface area contributed by atoms with Gasteiger partial charge in [-0.1, -0.05) is 54.6 Å². The molecule has 2 aromatic heterocycles. The van der Waals surface area contributed by atoms with Crippen molar-refractivity contribution in [3.05, 3.63) is 108 Å². The Morgan fingerprint density at radius 3 is 2.31 bits per heavy atom. The Morgan fingerprint density at radius 2 is 1.54 bits per heavy atom. The molecule has 1 aliphatic heterocycles. The molecule has 1 aliphatic rings. The number of methoxy groups -OCH3 is 1. The smallest absolute Gasteiger partial charge is 0.272 e. The lowest BCUT2D eigenvalue weighted by molar-refractivity contribution is 0.0725. The van der Waals surface area contributed by atoms with Crippen LogP contribution in [0.25, 0.3) is 28.2 Å². The van der Waals surface area contributed by atoms with Gasteiger partial charge in [0.15, 0.2) is 5.65 Å². The number of fused-ring (bicyclic) bond motifs is 2. The van der Waals surface area contributed by atoms with Gasteiger partial charge in [-0.25, -0.2) is 9.50 Å². The Kier molecular flexibility index (Phi) is 5.26. The standard InChI is InChI=1S/C29H24N4O2/c1-35-24-13-11-22(12-14-24)25-17-27(29(34)32-16-15-20-7-5-6-10-23(20)19-32)33-28(30-25)18-26(31-33)21-8-3-2-4-9-21/h2-14,17-18H,15-16,19H2,1H3. The van der Waals surface area contributed by atoms with Gasteiger partial charge in [-0.05, 0) is 47.9 Å². The van der Waals surface area contributed by atoms with Crippen LogP contribution in [-0.4, -0.2) is 39.1 Å². The molecule has 5 aromatic rings. The third-order valence-electron chi connectivity index (χ3n) is 6.52. The van der Waals surface area contributed by atoms with Crippen molar-refractivity contribution < 1.29 is 9.53 Å². The number of benzene rings is 3. The van der Waals surface area contributed by atoms with E-state index in [-0.39, 0.29) is 5.91 Å². The van der Waals surface area contributed by atoms with Crippen LogP contribution in [0.1, 0.15) is 21.6 Å². The quantitative estimate of drug-likeness (QED) is 0.367. The predicted molar refractivity (Wildman–Crippen MR) is 135 cm³/mol. The van der Waals surface area contributed by atoms with E-state index in [0.717, 1.165) is 34.7 Å². The summed E-state index contributed by atoms with van der Waals surface area (Å²) in [7, 11) is 1.64. The first-order valence-corrected chi connectivity index (χ1v) is 11.7. The van der Waals surface area contributed by atoms with E-state index < -0.39 is 0 Å². The van der Waals surface area contributed by atoms with E-state index in [1.165, 1.54) is 11.1 Å². The minimum absolute atomic E-state index is 0.0515. The average molecular weight is 461 g/mol. The molecule has 172 valence electrons. The second-order valence-electron chi connectivity index (χ2n) is 8.67. The third kappa shape index (κ3) is 3.93. The van der Waals surface area contributed by atoms with Crippen LogP contribution >= 0.6 is 0 Å². The van der Waals surface area contributed by atoms with Crippen LogP contribution in [0.3, 0.4) is 0 Å². The van der Waals surface area contributed by atoms with Crippen LogP contribution in [0.2, 0.25) is 0 Å². The van der Waals surface area contributed by atoms with Crippen molar-refractivity contribution in [3.63, 3.8) is 0 Å². The maximum absolute atomic E-state index is 13.9. The van der Waals surface area contributed by atoms with E-state index in [1.54, 1.807) is 11.6 Å². The molecule has 6 nitrogen and oxygen atoms in total. The van der Waals surface area contributed by atoms with Gasteiger partial charge in [0, 0.05) is 30.3 Å². The molecule has 1 amide bonds. The summed E-state index contributed by atoms with van der Waals surface area (Å²) in [4.78, 5) is 20.6. The highest BCUT2D eigenvalue weighted by Crippen LogP contribution is 2.27. The summed E-state index contributed by atoms with van der Waals surface area (Å²) in [6.45, 7) is 1.26. The van der Waals surface area contributed by atoms with E-state index in [0.29, 0.717) is 24.4 Å². The SMILES string of the molecule is COc1ccc(-c2cc(C(=O)N3CCc4ccccc4C3)n3nc(-c4ccccc4)cc3n2)cc1. The summed E-state index contributed by atoms with van der Waals surface area (Å²) in [5.74, 6) is 0.721. The molecule has 0 saturated carbocycles. The van der Waals surface area contributed by atoms with E-state index in [4.69, 9.17) is 14.8 Å². The predicted octanol–water partition coefficient (Wildman–Crippen LogP) is 5.27. The Bertz CT molecular complexity index is 1520. The van der Waals surface area contributed by atoms with Crippen molar-refractivity contribution >= 4 is 11.6 Å². The molecule has 3 heterocycles. The first kappa shape index (κ1) is 21.1. The number of hydrogen-bond donors (Lipinski definition) is 0. The van der Waals surface area contributed by atoms with E-state index in [9.17, 15) is 4.79 Å². The second kappa shape index (κ2) is 8.72. The van der Waals surface area contributed by atoms with E-state index in [1.807, 2.05) is 77.7 Å². The fourth-order valence-corrected chi connectivity index (χ4v) is 4.62. The zero-order valence-electron chi connectivity index (χ0n) is 19.4. The van der Waals surface area contributed by atoms with Gasteiger partial charge in [-0.15, -0.1) is 0 Å². The normalized spacial score (nSPS) is 13.0. The number of rotatable bonds is 4. The summed E-state index contributed by atoms with van der Waals surface area (Å²) in [6, 6.07) is 29.8. The number of carbonyl (C=O) groups is 1. The highest BCUT2D eigenvalue weighted by atomic mass is 16.5. The molecule has 0 atom stereocenters. The van der Waals surface area contributed by atoms with Gasteiger partial charge in [0.2, 0.25) is 0 Å². The molecule has 0 N–H and O–H groups in total. The number of nitrogens with zero attached hydrogens (tertiary/aromatic N) is 4. The monoisotopic (exact) mass is 460 g/mol. The summed E-state index contributed by atoms with van der Waals surface area (Å²) >= 11 is 0. The molecule has 6 rings (SSSR count). The van der Waals surface area contributed by atoms with Crippen molar-refractivity contribution in [1.29, 1.82) is 0 Å². The Hall–Kier alpha value is -4.45. The summed E-state index contributed by atoms with van der Waals surface area (Å²) in [5, 5.41) is 4.79. The average Bonchev–Trinajstić information content (AvgIpc) is 3.37. The maximum atomic E-state index is 13.9. The van der Waals surface area contributed by atoms with E-state index >= 15 is 0 Å². The topological polar surface area (TPSA) is 59.7 Å². The number of aromatic nitrogens is 3. The van der Waals surface area contributed by atoms with Crippen LogP contribution in [0.4, 0.5) is 0 Å². The number of ether oxygens (including phenoxy) is 1. The first-order valence-electron chi connectivity index (χ1n) is 11.7. The highest BCUT2D eigenvalue weighted by Gasteiger charge is 2.25. The Balaban J connectivity index is 1.46. The van der Waals surface area contributed by atoms with Gasteiger partial charge in [-0.3, -0.25) is 4.79 Å². The molecule has 6 heteroatoms. The first-order chi connectivity index (χ1) is 17.2. The second-order valence-corrected chi connectivity index (χ2v) is 8.67. The van der Waals surface area contributed by atoms with E-state index in [2.05, 4.69) is 18.2 Å². The third-order valence-corrected chi connectivity index (χ3v) is 6.52. The molecule has 0 unspecified atom stereocenters. The van der Waals surface area contributed by atoms with Crippen LogP contribution in [-0.2, 0) is 13.0 Å². The lowest BCUT2D eigenvalue weighted by atomic mass is 9.99. The Morgan fingerprint density at radius 1 is 0.829 bits per heavy atom. The molecule has 35 heavy (non-hydrogen) atoms. The molecule has 0 spiro atoms. The van der Waals surface area contributed by atoms with Gasteiger partial charge < -0.3 is 9.64 Å². The molecule has 0 fully saturated rings. The van der Waals surface area contributed by atoms with Crippen molar-refractivity contribution in [1.82, 2.24) is 19.5 Å². The summed E-state index contributed by atoms with van der Waals surface area (Å²) in [5.41, 5.74) is 7.03. The van der Waals surface area contributed by atoms with Crippen molar-refractivity contribution in [2.75, 3.05) is 13.7 Å². The number of hydrogen-bond acceptors (Lipinski definition) is 4. The lowest BCUT2D eigenvalue weighted by Crippen LogP contribution is -2.37. The summed E-state index contributed by atoms with van der Waals surface area (Å²) in [6.07, 6.45) is 0.843. The zero-order valence-corrected chi connectivity index (χ0v) is 19.4. The molecule has 0 radical (unpaired) electrons. The van der Waals surface area contributed by atoms with Gasteiger partial charge in [0.25, 0.3) is 5.91 Å². The fraction of sp³-hybridized carbons (Fsp3) is 0.138. The van der Waals surface area contributed by atoms with Crippen LogP contribution < -0.4 is 4.74 Å². The van der Waals surface area contributed by atoms with Crippen molar-refractivity contribution in [3.8, 4) is 28.3 Å². The summed E-state index contributed by atoms with van der Waals surface area (Å²) < 4.78 is 6.98. The minimum Gasteiger partial charge on any atom is -0.497 e. The molecular weight excluding hydrogens is 436 g/mol. The van der Waals surface area contributed by atoms with Gasteiger partial charge >= 0.3 is 0 Å². The molecule has 0 aliphatic carbocycles. The van der Waals surface area contributed by atoms with Crippen molar-refractivity contribution in [2.45, 2.75) is 13.0 Å². The van der Waals surface area contributed by atoms with Crippen molar-refractivity contribution in [2.24, 2.45) is 0 Å². The maximum Gasteiger partial charge on any atom is 0.272 e. The molecule has 0 saturated heterocycles. The largest absolute Gasteiger partial charge is 0.497 e. The molecule has 0 bridgehead atoms. The van der Waals surface area contributed by atoms with Gasteiger partial charge in [-0.2, -0.15) is 5.10 Å². The zero-order chi connectivity index (χ0) is 23.8. The van der Waals surface area contributed by atoms with Gasteiger partial charge in [0.1, 0.15) is 11.4 Å². The van der Waals surface area contributed by atoms with Crippen LogP contribution in [0.5, 0.6) is 5.75 Å². The molecular formula is C29H24N4O2. The highest BCUT2D eigenvalue weighted by molar-refractivity contribution is 5.94. The number of amides is 1.